The molecule has 156 valence electrons. The minimum absolute atomic E-state index is 0.119. The molecule has 0 bridgehead atoms. The van der Waals surface area contributed by atoms with Crippen LogP contribution in [0.2, 0.25) is 0 Å². The number of carbonyl (C=O) groups excluding carboxylic acids is 2. The van der Waals surface area contributed by atoms with E-state index in [1.165, 1.54) is 4.90 Å². The Morgan fingerprint density at radius 1 is 1.23 bits per heavy atom. The van der Waals surface area contributed by atoms with E-state index < -0.39 is 29.9 Å². The largest absolute Gasteiger partial charge is 0.511 e. The summed E-state index contributed by atoms with van der Waals surface area (Å²) < 4.78 is 5.33. The second-order valence-electron chi connectivity index (χ2n) is 6.65. The van der Waals surface area contributed by atoms with E-state index in [1.54, 1.807) is 19.5 Å². The lowest BCUT2D eigenvalue weighted by molar-refractivity contribution is -0.138. The zero-order chi connectivity index (χ0) is 21.7. The number of methoxy groups -OCH3 is 1. The molecule has 0 saturated carbocycles. The van der Waals surface area contributed by atoms with Crippen LogP contribution in [-0.2, 0) is 20.9 Å². The summed E-state index contributed by atoms with van der Waals surface area (Å²) in [6.45, 7) is -0.140. The Morgan fingerprint density at radius 2 is 1.97 bits per heavy atom. The van der Waals surface area contributed by atoms with Crippen LogP contribution in [0.3, 0.4) is 0 Å². The van der Waals surface area contributed by atoms with E-state index in [2.05, 4.69) is 10.3 Å². The highest BCUT2D eigenvalue weighted by Crippen LogP contribution is 2.29. The number of benzene rings is 1. The van der Waals surface area contributed by atoms with Crippen molar-refractivity contribution in [1.82, 2.24) is 15.2 Å². The average Bonchev–Trinajstić information content (AvgIpc) is 2.75. The molecule has 9 heteroatoms. The number of rotatable bonds is 7. The molecule has 3 N–H and O–H groups in total. The van der Waals surface area contributed by atoms with Crippen LogP contribution in [-0.4, -0.2) is 58.1 Å². The van der Waals surface area contributed by atoms with Gasteiger partial charge >= 0.3 is 5.97 Å². The van der Waals surface area contributed by atoms with Gasteiger partial charge in [0.2, 0.25) is 0 Å². The first kappa shape index (κ1) is 20.8. The maximum atomic E-state index is 12.7. The van der Waals surface area contributed by atoms with Gasteiger partial charge in [-0.15, -0.1) is 0 Å². The molecule has 0 fully saturated rings. The van der Waals surface area contributed by atoms with Gasteiger partial charge in [-0.3, -0.25) is 19.4 Å². The number of aliphatic carboxylic acids is 1. The third-order valence-electron chi connectivity index (χ3n) is 4.68. The SMILES string of the molecule is COc1cnccc1-c1ccc(CN2CCC(O)=C(C(=O)NCC(=O)O)C2=O)cc1. The van der Waals surface area contributed by atoms with E-state index in [0.717, 1.165) is 16.7 Å². The number of carboxylic acids is 1. The summed E-state index contributed by atoms with van der Waals surface area (Å²) in [5, 5.41) is 20.8. The molecule has 30 heavy (non-hydrogen) atoms. The second kappa shape index (κ2) is 9.08. The van der Waals surface area contributed by atoms with Gasteiger partial charge in [-0.1, -0.05) is 24.3 Å². The molecule has 1 aromatic heterocycles. The number of nitrogens with zero attached hydrogens (tertiary/aromatic N) is 2. The zero-order valence-corrected chi connectivity index (χ0v) is 16.3. The fourth-order valence-corrected chi connectivity index (χ4v) is 3.16. The van der Waals surface area contributed by atoms with Crippen LogP contribution in [0.5, 0.6) is 5.75 Å². The number of ether oxygens (including phenoxy) is 1. The van der Waals surface area contributed by atoms with Crippen molar-refractivity contribution < 1.29 is 29.3 Å². The van der Waals surface area contributed by atoms with Gasteiger partial charge in [0.05, 0.1) is 13.3 Å². The first-order valence-electron chi connectivity index (χ1n) is 9.19. The van der Waals surface area contributed by atoms with Gasteiger partial charge in [-0.05, 0) is 17.2 Å². The molecule has 1 aliphatic heterocycles. The molecule has 2 heterocycles. The summed E-state index contributed by atoms with van der Waals surface area (Å²) in [6, 6.07) is 9.37. The van der Waals surface area contributed by atoms with Gasteiger partial charge in [0, 0.05) is 31.3 Å². The molecule has 2 aromatic rings. The lowest BCUT2D eigenvalue weighted by Crippen LogP contribution is -2.43. The predicted molar refractivity (Wildman–Crippen MR) is 107 cm³/mol. The van der Waals surface area contributed by atoms with Crippen molar-refractivity contribution >= 4 is 17.8 Å². The fraction of sp³-hybridized carbons (Fsp3) is 0.238. The van der Waals surface area contributed by atoms with Crippen molar-refractivity contribution in [1.29, 1.82) is 0 Å². The number of amides is 2. The van der Waals surface area contributed by atoms with Crippen LogP contribution >= 0.6 is 0 Å². The Kier molecular flexibility index (Phi) is 6.31. The summed E-state index contributed by atoms with van der Waals surface area (Å²) in [5.41, 5.74) is 2.24. The molecule has 0 atom stereocenters. The molecular weight excluding hydrogens is 390 g/mol. The number of aromatic nitrogens is 1. The number of hydrogen-bond acceptors (Lipinski definition) is 6. The second-order valence-corrected chi connectivity index (χ2v) is 6.65. The molecule has 0 spiro atoms. The standard InChI is InChI=1S/C21H21N3O6/c1-30-17-10-22-8-6-15(17)14-4-2-13(3-5-14)12-24-9-7-16(25)19(21(24)29)20(28)23-11-18(26)27/h2-6,8,10,25H,7,9,11-12H2,1H3,(H,23,28)(H,26,27). The number of carboxylic acid groups (broad SMARTS) is 1. The van der Waals surface area contributed by atoms with Gasteiger partial charge in [0.15, 0.2) is 0 Å². The first-order valence-corrected chi connectivity index (χ1v) is 9.19. The summed E-state index contributed by atoms with van der Waals surface area (Å²) in [4.78, 5) is 40.9. The van der Waals surface area contributed by atoms with Gasteiger partial charge < -0.3 is 25.2 Å². The molecular formula is C21H21N3O6. The Labute approximate surface area is 172 Å². The number of aliphatic hydroxyl groups excluding tert-OH is 1. The molecule has 0 saturated heterocycles. The van der Waals surface area contributed by atoms with E-state index in [4.69, 9.17) is 9.84 Å². The monoisotopic (exact) mass is 411 g/mol. The van der Waals surface area contributed by atoms with Crippen molar-refractivity contribution in [3.05, 3.63) is 59.6 Å². The van der Waals surface area contributed by atoms with E-state index in [9.17, 15) is 19.5 Å². The average molecular weight is 411 g/mol. The third kappa shape index (κ3) is 4.57. The predicted octanol–water partition coefficient (Wildman–Crippen LogP) is 1.50. The third-order valence-corrected chi connectivity index (χ3v) is 4.68. The number of aliphatic hydroxyl groups is 1. The summed E-state index contributed by atoms with van der Waals surface area (Å²) in [5.74, 6) is -2.46. The molecule has 0 aliphatic carbocycles. The summed E-state index contributed by atoms with van der Waals surface area (Å²) >= 11 is 0. The number of pyridine rings is 1. The van der Waals surface area contributed by atoms with Crippen molar-refractivity contribution in [3.63, 3.8) is 0 Å². The zero-order valence-electron chi connectivity index (χ0n) is 16.3. The number of hydrogen-bond donors (Lipinski definition) is 3. The minimum atomic E-state index is -1.24. The highest BCUT2D eigenvalue weighted by Gasteiger charge is 2.32. The van der Waals surface area contributed by atoms with E-state index in [-0.39, 0.29) is 25.3 Å². The molecule has 3 rings (SSSR count). The van der Waals surface area contributed by atoms with Gasteiger partial charge in [0.25, 0.3) is 11.8 Å². The quantitative estimate of drug-likeness (QED) is 0.589. The number of nitrogens with one attached hydrogen (secondary N) is 1. The molecule has 0 radical (unpaired) electrons. The molecule has 0 unspecified atom stereocenters. The van der Waals surface area contributed by atoms with Crippen LogP contribution in [0.15, 0.2) is 54.1 Å². The van der Waals surface area contributed by atoms with Crippen LogP contribution in [0.25, 0.3) is 11.1 Å². The Hall–Kier alpha value is -3.88. The van der Waals surface area contributed by atoms with Crippen LogP contribution < -0.4 is 10.1 Å². The molecule has 1 aliphatic rings. The van der Waals surface area contributed by atoms with Crippen LogP contribution in [0, 0.1) is 0 Å². The molecule has 2 amide bonds. The maximum absolute atomic E-state index is 12.7. The molecule has 9 nitrogen and oxygen atoms in total. The topological polar surface area (TPSA) is 129 Å². The van der Waals surface area contributed by atoms with Gasteiger partial charge in [0.1, 0.15) is 23.6 Å². The van der Waals surface area contributed by atoms with E-state index >= 15 is 0 Å². The lowest BCUT2D eigenvalue weighted by atomic mass is 10.0. The Morgan fingerprint density at radius 3 is 2.63 bits per heavy atom. The lowest BCUT2D eigenvalue weighted by Gasteiger charge is -2.28. The smallest absolute Gasteiger partial charge is 0.322 e. The van der Waals surface area contributed by atoms with Crippen molar-refractivity contribution in [2.75, 3.05) is 20.2 Å². The van der Waals surface area contributed by atoms with Crippen molar-refractivity contribution in [2.24, 2.45) is 0 Å². The van der Waals surface area contributed by atoms with Crippen LogP contribution in [0.4, 0.5) is 0 Å². The van der Waals surface area contributed by atoms with Crippen molar-refractivity contribution in [3.8, 4) is 16.9 Å². The number of carbonyl (C=O) groups is 3. The van der Waals surface area contributed by atoms with Gasteiger partial charge in [-0.2, -0.15) is 0 Å². The van der Waals surface area contributed by atoms with E-state index in [1.807, 2.05) is 30.3 Å². The van der Waals surface area contributed by atoms with Gasteiger partial charge in [-0.25, -0.2) is 0 Å². The molecule has 1 aromatic carbocycles. The fourth-order valence-electron chi connectivity index (χ4n) is 3.16. The first-order chi connectivity index (χ1) is 14.4. The van der Waals surface area contributed by atoms with Crippen molar-refractivity contribution in [2.45, 2.75) is 13.0 Å². The highest BCUT2D eigenvalue weighted by atomic mass is 16.5. The Balaban J connectivity index is 1.73. The minimum Gasteiger partial charge on any atom is -0.511 e. The maximum Gasteiger partial charge on any atom is 0.322 e. The Bertz CT molecular complexity index is 1000. The summed E-state index contributed by atoms with van der Waals surface area (Å²) in [6.07, 6.45) is 3.42. The van der Waals surface area contributed by atoms with Crippen LogP contribution in [0.1, 0.15) is 12.0 Å². The normalized spacial score (nSPS) is 13.9. The van der Waals surface area contributed by atoms with E-state index in [0.29, 0.717) is 5.75 Å². The highest BCUT2D eigenvalue weighted by molar-refractivity contribution is 6.19. The summed E-state index contributed by atoms with van der Waals surface area (Å²) in [7, 11) is 1.57.